The molecule has 5 heteroatoms. The molecule has 1 amide bonds. The number of oxazole rings is 1. The molecule has 0 aliphatic heterocycles. The van der Waals surface area contributed by atoms with Crippen molar-refractivity contribution in [3.05, 3.63) is 65.0 Å². The minimum Gasteiger partial charge on any atom is -0.441 e. The van der Waals surface area contributed by atoms with Gasteiger partial charge in [0, 0.05) is 19.0 Å². The van der Waals surface area contributed by atoms with Gasteiger partial charge in [0.1, 0.15) is 5.52 Å². The van der Waals surface area contributed by atoms with Crippen LogP contribution < -0.4 is 5.32 Å². The standard InChI is InChI=1S/C18H15N3O2/c1-12-21-16-10-13(5-6-17(16)23-12)7-8-20-18(22)15-4-2-3-14(9-15)11-19/h2-6,9-10H,7-8H2,1H3,(H,20,22). The van der Waals surface area contributed by atoms with Crippen LogP contribution in [-0.2, 0) is 6.42 Å². The molecule has 2 aromatic carbocycles. The summed E-state index contributed by atoms with van der Waals surface area (Å²) in [5.74, 6) is 0.461. The maximum Gasteiger partial charge on any atom is 0.251 e. The first-order valence-corrected chi connectivity index (χ1v) is 7.30. The second-order valence-corrected chi connectivity index (χ2v) is 5.23. The Morgan fingerprint density at radius 2 is 2.17 bits per heavy atom. The third-order valence-electron chi connectivity index (χ3n) is 3.51. The zero-order chi connectivity index (χ0) is 16.2. The van der Waals surface area contributed by atoms with Crippen molar-refractivity contribution in [2.75, 3.05) is 6.54 Å². The fraction of sp³-hybridized carbons (Fsp3) is 0.167. The van der Waals surface area contributed by atoms with E-state index in [0.29, 0.717) is 30.0 Å². The van der Waals surface area contributed by atoms with Gasteiger partial charge in [0.2, 0.25) is 0 Å². The van der Waals surface area contributed by atoms with Gasteiger partial charge >= 0.3 is 0 Å². The van der Waals surface area contributed by atoms with Gasteiger partial charge in [0.25, 0.3) is 5.91 Å². The monoisotopic (exact) mass is 305 g/mol. The van der Waals surface area contributed by atoms with E-state index in [-0.39, 0.29) is 5.91 Å². The number of hydrogen-bond donors (Lipinski definition) is 1. The Morgan fingerprint density at radius 1 is 1.30 bits per heavy atom. The van der Waals surface area contributed by atoms with E-state index in [0.717, 1.165) is 16.7 Å². The van der Waals surface area contributed by atoms with Crippen molar-refractivity contribution in [3.8, 4) is 6.07 Å². The molecule has 0 atom stereocenters. The van der Waals surface area contributed by atoms with Crippen LogP contribution in [0.5, 0.6) is 0 Å². The van der Waals surface area contributed by atoms with Gasteiger partial charge in [-0.1, -0.05) is 12.1 Å². The zero-order valence-electron chi connectivity index (χ0n) is 12.7. The van der Waals surface area contributed by atoms with E-state index in [1.54, 1.807) is 24.3 Å². The first-order chi connectivity index (χ1) is 11.2. The molecule has 0 fully saturated rings. The van der Waals surface area contributed by atoms with Crippen LogP contribution in [0.4, 0.5) is 0 Å². The van der Waals surface area contributed by atoms with Crippen LogP contribution in [0.2, 0.25) is 0 Å². The smallest absolute Gasteiger partial charge is 0.251 e. The average Bonchev–Trinajstić information content (AvgIpc) is 2.94. The van der Waals surface area contributed by atoms with Gasteiger partial charge in [0.05, 0.1) is 11.6 Å². The summed E-state index contributed by atoms with van der Waals surface area (Å²) in [7, 11) is 0. The SMILES string of the molecule is Cc1nc2cc(CCNC(=O)c3cccc(C#N)c3)ccc2o1. The summed E-state index contributed by atoms with van der Waals surface area (Å²) in [4.78, 5) is 16.4. The van der Waals surface area contributed by atoms with Gasteiger partial charge < -0.3 is 9.73 Å². The van der Waals surface area contributed by atoms with Crippen molar-refractivity contribution in [1.82, 2.24) is 10.3 Å². The van der Waals surface area contributed by atoms with Gasteiger partial charge in [-0.3, -0.25) is 4.79 Å². The van der Waals surface area contributed by atoms with Crippen molar-refractivity contribution in [1.29, 1.82) is 5.26 Å². The summed E-state index contributed by atoms with van der Waals surface area (Å²) in [6.07, 6.45) is 0.700. The molecule has 0 radical (unpaired) electrons. The lowest BCUT2D eigenvalue weighted by molar-refractivity contribution is 0.0954. The topological polar surface area (TPSA) is 78.9 Å². The van der Waals surface area contributed by atoms with E-state index in [1.807, 2.05) is 31.2 Å². The lowest BCUT2D eigenvalue weighted by Gasteiger charge is -2.05. The number of fused-ring (bicyclic) bond motifs is 1. The minimum atomic E-state index is -0.180. The maximum absolute atomic E-state index is 12.1. The summed E-state index contributed by atoms with van der Waals surface area (Å²) < 4.78 is 5.44. The Labute approximate surface area is 133 Å². The van der Waals surface area contributed by atoms with Crippen LogP contribution in [0, 0.1) is 18.3 Å². The molecule has 23 heavy (non-hydrogen) atoms. The summed E-state index contributed by atoms with van der Waals surface area (Å²) in [5.41, 5.74) is 3.64. The fourth-order valence-electron chi connectivity index (χ4n) is 2.40. The molecule has 1 N–H and O–H groups in total. The van der Waals surface area contributed by atoms with Crippen LogP contribution in [0.25, 0.3) is 11.1 Å². The van der Waals surface area contributed by atoms with E-state index in [2.05, 4.69) is 10.3 Å². The molecular weight excluding hydrogens is 290 g/mol. The molecule has 0 saturated heterocycles. The summed E-state index contributed by atoms with van der Waals surface area (Å²) in [6.45, 7) is 2.33. The molecule has 3 aromatic rings. The number of aromatic nitrogens is 1. The quantitative estimate of drug-likeness (QED) is 0.803. The number of benzene rings is 2. The summed E-state index contributed by atoms with van der Waals surface area (Å²) in [5, 5.41) is 11.7. The molecule has 5 nitrogen and oxygen atoms in total. The molecule has 0 saturated carbocycles. The van der Waals surface area contributed by atoms with E-state index >= 15 is 0 Å². The number of nitrogens with one attached hydrogen (secondary N) is 1. The first kappa shape index (κ1) is 14.8. The van der Waals surface area contributed by atoms with Gasteiger partial charge in [-0.05, 0) is 42.3 Å². The fourth-order valence-corrected chi connectivity index (χ4v) is 2.40. The highest BCUT2D eigenvalue weighted by Gasteiger charge is 2.07. The lowest BCUT2D eigenvalue weighted by atomic mass is 10.1. The molecule has 1 aromatic heterocycles. The molecule has 0 aliphatic carbocycles. The third-order valence-corrected chi connectivity index (χ3v) is 3.51. The Bertz CT molecular complexity index is 906. The predicted octanol–water partition coefficient (Wildman–Crippen LogP) is 2.98. The normalized spacial score (nSPS) is 10.4. The summed E-state index contributed by atoms with van der Waals surface area (Å²) >= 11 is 0. The second-order valence-electron chi connectivity index (χ2n) is 5.23. The zero-order valence-corrected chi connectivity index (χ0v) is 12.7. The number of carbonyl (C=O) groups excluding carboxylic acids is 1. The minimum absolute atomic E-state index is 0.180. The van der Waals surface area contributed by atoms with E-state index in [9.17, 15) is 4.79 Å². The van der Waals surface area contributed by atoms with Gasteiger partial charge in [0.15, 0.2) is 11.5 Å². The van der Waals surface area contributed by atoms with Crippen LogP contribution in [0.15, 0.2) is 46.9 Å². The summed E-state index contributed by atoms with van der Waals surface area (Å²) in [6, 6.07) is 14.5. The van der Waals surface area contributed by atoms with Crippen LogP contribution in [0.1, 0.15) is 27.4 Å². The molecule has 0 spiro atoms. The Morgan fingerprint density at radius 3 is 3.00 bits per heavy atom. The number of carbonyl (C=O) groups is 1. The maximum atomic E-state index is 12.1. The lowest BCUT2D eigenvalue weighted by Crippen LogP contribution is -2.25. The second kappa shape index (κ2) is 6.32. The van der Waals surface area contributed by atoms with Crippen LogP contribution in [0.3, 0.4) is 0 Å². The highest BCUT2D eigenvalue weighted by Crippen LogP contribution is 2.16. The Kier molecular flexibility index (Phi) is 4.07. The largest absolute Gasteiger partial charge is 0.441 e. The number of nitriles is 1. The highest BCUT2D eigenvalue weighted by molar-refractivity contribution is 5.94. The van der Waals surface area contributed by atoms with Crippen LogP contribution in [-0.4, -0.2) is 17.4 Å². The predicted molar refractivity (Wildman–Crippen MR) is 85.9 cm³/mol. The van der Waals surface area contributed by atoms with Gasteiger partial charge in [-0.15, -0.1) is 0 Å². The van der Waals surface area contributed by atoms with E-state index < -0.39 is 0 Å². The molecule has 114 valence electrons. The number of aryl methyl sites for hydroxylation is 1. The van der Waals surface area contributed by atoms with Crippen molar-refractivity contribution in [2.45, 2.75) is 13.3 Å². The first-order valence-electron chi connectivity index (χ1n) is 7.30. The number of amides is 1. The molecular formula is C18H15N3O2. The highest BCUT2D eigenvalue weighted by atomic mass is 16.3. The average molecular weight is 305 g/mol. The van der Waals surface area contributed by atoms with Crippen molar-refractivity contribution in [2.24, 2.45) is 0 Å². The van der Waals surface area contributed by atoms with Crippen LogP contribution >= 0.6 is 0 Å². The number of hydrogen-bond acceptors (Lipinski definition) is 4. The number of nitrogens with zero attached hydrogens (tertiary/aromatic N) is 2. The Hall–Kier alpha value is -3.13. The Balaban J connectivity index is 1.61. The van der Waals surface area contributed by atoms with Gasteiger partial charge in [-0.2, -0.15) is 5.26 Å². The van der Waals surface area contributed by atoms with Crippen molar-refractivity contribution >= 4 is 17.0 Å². The van der Waals surface area contributed by atoms with E-state index in [4.69, 9.17) is 9.68 Å². The molecule has 0 unspecified atom stereocenters. The number of rotatable bonds is 4. The molecule has 3 rings (SSSR count). The molecule has 0 aliphatic rings. The molecule has 0 bridgehead atoms. The van der Waals surface area contributed by atoms with E-state index in [1.165, 1.54) is 0 Å². The molecule has 1 heterocycles. The van der Waals surface area contributed by atoms with Gasteiger partial charge in [-0.25, -0.2) is 4.98 Å². The van der Waals surface area contributed by atoms with Crippen molar-refractivity contribution < 1.29 is 9.21 Å². The van der Waals surface area contributed by atoms with Crippen molar-refractivity contribution in [3.63, 3.8) is 0 Å². The third kappa shape index (κ3) is 3.38.